The van der Waals surface area contributed by atoms with Gasteiger partial charge in [0, 0.05) is 18.0 Å². The van der Waals surface area contributed by atoms with Crippen molar-refractivity contribution in [1.82, 2.24) is 5.32 Å². The average Bonchev–Trinajstić information content (AvgIpc) is 2.97. The van der Waals surface area contributed by atoms with Gasteiger partial charge in [0.2, 0.25) is 0 Å². The molecule has 0 radical (unpaired) electrons. The first-order valence-electron chi connectivity index (χ1n) is 7.25. The predicted octanol–water partition coefficient (Wildman–Crippen LogP) is 3.88. The van der Waals surface area contributed by atoms with E-state index in [1.807, 2.05) is 26.0 Å². The quantitative estimate of drug-likeness (QED) is 0.751. The van der Waals surface area contributed by atoms with Crippen molar-refractivity contribution in [2.24, 2.45) is 0 Å². The second kappa shape index (κ2) is 8.05. The maximum absolute atomic E-state index is 5.72. The summed E-state index contributed by atoms with van der Waals surface area (Å²) >= 11 is 1.81. The molecule has 0 amide bonds. The van der Waals surface area contributed by atoms with Crippen molar-refractivity contribution in [3.05, 3.63) is 46.2 Å². The molecule has 0 saturated heterocycles. The first-order chi connectivity index (χ1) is 10.2. The van der Waals surface area contributed by atoms with Gasteiger partial charge in [0.1, 0.15) is 0 Å². The Morgan fingerprint density at radius 1 is 1.19 bits per heavy atom. The molecule has 0 aliphatic heterocycles. The van der Waals surface area contributed by atoms with Crippen molar-refractivity contribution >= 4 is 11.3 Å². The zero-order valence-corrected chi connectivity index (χ0v) is 13.7. The lowest BCUT2D eigenvalue weighted by atomic mass is 10.2. The van der Waals surface area contributed by atoms with E-state index in [1.54, 1.807) is 18.4 Å². The number of hydrogen-bond donors (Lipinski definition) is 1. The Morgan fingerprint density at radius 2 is 2.05 bits per heavy atom. The summed E-state index contributed by atoms with van der Waals surface area (Å²) in [5.74, 6) is 1.59. The van der Waals surface area contributed by atoms with Crippen molar-refractivity contribution < 1.29 is 9.47 Å². The lowest BCUT2D eigenvalue weighted by molar-refractivity contribution is 0.230. The molecule has 0 bridgehead atoms. The van der Waals surface area contributed by atoms with Gasteiger partial charge in [-0.3, -0.25) is 0 Å². The van der Waals surface area contributed by atoms with Gasteiger partial charge in [0.05, 0.1) is 13.2 Å². The van der Waals surface area contributed by atoms with Crippen LogP contribution in [0.2, 0.25) is 0 Å². The van der Waals surface area contributed by atoms with E-state index < -0.39 is 0 Å². The molecular weight excluding hydrogens is 282 g/mol. The van der Waals surface area contributed by atoms with Gasteiger partial charge < -0.3 is 14.8 Å². The van der Waals surface area contributed by atoms with Crippen LogP contribution in [0.5, 0.6) is 11.5 Å². The average molecular weight is 305 g/mol. The Morgan fingerprint density at radius 3 is 2.71 bits per heavy atom. The van der Waals surface area contributed by atoms with Crippen LogP contribution in [0.15, 0.2) is 35.7 Å². The molecule has 0 fully saturated rings. The second-order valence-corrected chi connectivity index (χ2v) is 6.19. The van der Waals surface area contributed by atoms with Gasteiger partial charge in [-0.2, -0.15) is 0 Å². The van der Waals surface area contributed by atoms with Crippen LogP contribution in [-0.2, 0) is 13.0 Å². The molecule has 4 heteroatoms. The van der Waals surface area contributed by atoms with Crippen molar-refractivity contribution in [2.75, 3.05) is 13.7 Å². The molecule has 0 saturated carbocycles. The van der Waals surface area contributed by atoms with Crippen LogP contribution in [0.25, 0.3) is 0 Å². The van der Waals surface area contributed by atoms with Gasteiger partial charge in [0.25, 0.3) is 0 Å². The molecule has 0 unspecified atom stereocenters. The summed E-state index contributed by atoms with van der Waals surface area (Å²) in [7, 11) is 1.68. The number of hydrogen-bond acceptors (Lipinski definition) is 4. The van der Waals surface area contributed by atoms with Crippen molar-refractivity contribution in [1.29, 1.82) is 0 Å². The number of methoxy groups -OCH3 is 1. The Kier molecular flexibility index (Phi) is 6.08. The van der Waals surface area contributed by atoms with Crippen LogP contribution in [0.4, 0.5) is 0 Å². The molecule has 0 aliphatic rings. The van der Waals surface area contributed by atoms with E-state index in [0.717, 1.165) is 31.0 Å². The number of ether oxygens (including phenoxy) is 2. The minimum Gasteiger partial charge on any atom is -0.493 e. The molecule has 0 spiro atoms. The predicted molar refractivity (Wildman–Crippen MR) is 88.5 cm³/mol. The Labute approximate surface area is 130 Å². The van der Waals surface area contributed by atoms with E-state index in [-0.39, 0.29) is 6.10 Å². The lowest BCUT2D eigenvalue weighted by Crippen LogP contribution is -2.16. The Bertz CT molecular complexity index is 538. The molecule has 0 atom stereocenters. The third kappa shape index (κ3) is 5.06. The minimum absolute atomic E-state index is 0.147. The van der Waals surface area contributed by atoms with Gasteiger partial charge in [-0.1, -0.05) is 12.1 Å². The number of benzene rings is 1. The zero-order valence-electron chi connectivity index (χ0n) is 12.9. The molecule has 1 N–H and O–H groups in total. The largest absolute Gasteiger partial charge is 0.493 e. The maximum Gasteiger partial charge on any atom is 0.161 e. The first-order valence-corrected chi connectivity index (χ1v) is 8.13. The summed E-state index contributed by atoms with van der Waals surface area (Å²) in [5, 5.41) is 5.58. The topological polar surface area (TPSA) is 30.5 Å². The summed E-state index contributed by atoms with van der Waals surface area (Å²) in [6.45, 7) is 5.84. The van der Waals surface area contributed by atoms with Gasteiger partial charge in [-0.05, 0) is 49.4 Å². The fourth-order valence-electron chi connectivity index (χ4n) is 2.07. The normalized spacial score (nSPS) is 10.9. The number of rotatable bonds is 8. The van der Waals surface area contributed by atoms with Gasteiger partial charge >= 0.3 is 0 Å². The van der Waals surface area contributed by atoms with Crippen LogP contribution in [-0.4, -0.2) is 19.8 Å². The molecular formula is C17H23NO2S. The first kappa shape index (κ1) is 15.9. The summed E-state index contributed by atoms with van der Waals surface area (Å²) in [5.41, 5.74) is 1.20. The third-order valence-corrected chi connectivity index (χ3v) is 3.98. The van der Waals surface area contributed by atoms with Gasteiger partial charge in [0.15, 0.2) is 11.5 Å². The molecule has 1 aromatic carbocycles. The summed E-state index contributed by atoms with van der Waals surface area (Å²) in [6.07, 6.45) is 1.22. The highest BCUT2D eigenvalue weighted by Gasteiger charge is 2.07. The monoisotopic (exact) mass is 305 g/mol. The van der Waals surface area contributed by atoms with Crippen molar-refractivity contribution in [2.45, 2.75) is 32.9 Å². The van der Waals surface area contributed by atoms with Crippen LogP contribution in [0, 0.1) is 0 Å². The molecule has 21 heavy (non-hydrogen) atoms. The SMILES string of the molecule is COc1cc(CNCCc2cccs2)ccc1OC(C)C. The molecule has 2 rings (SSSR count). The van der Waals surface area contributed by atoms with Crippen LogP contribution < -0.4 is 14.8 Å². The van der Waals surface area contributed by atoms with Crippen LogP contribution in [0.3, 0.4) is 0 Å². The number of nitrogens with one attached hydrogen (secondary N) is 1. The lowest BCUT2D eigenvalue weighted by Gasteiger charge is -2.14. The molecule has 2 aromatic rings. The maximum atomic E-state index is 5.72. The molecule has 1 heterocycles. The van der Waals surface area contributed by atoms with E-state index in [1.165, 1.54) is 10.4 Å². The highest BCUT2D eigenvalue weighted by Crippen LogP contribution is 2.28. The summed E-state index contributed by atoms with van der Waals surface area (Å²) in [6, 6.07) is 10.4. The van der Waals surface area contributed by atoms with Crippen LogP contribution >= 0.6 is 11.3 Å². The highest BCUT2D eigenvalue weighted by molar-refractivity contribution is 7.09. The van der Waals surface area contributed by atoms with E-state index in [2.05, 4.69) is 28.9 Å². The highest BCUT2D eigenvalue weighted by atomic mass is 32.1. The molecule has 0 aliphatic carbocycles. The Hall–Kier alpha value is -1.52. The standard InChI is InChI=1S/C17H23NO2S/c1-13(2)20-16-7-6-14(11-17(16)19-3)12-18-9-8-15-5-4-10-21-15/h4-7,10-11,13,18H,8-9,12H2,1-3H3. The smallest absolute Gasteiger partial charge is 0.161 e. The van der Waals surface area contributed by atoms with E-state index in [9.17, 15) is 0 Å². The number of thiophene rings is 1. The molecule has 114 valence electrons. The van der Waals surface area contributed by atoms with Crippen molar-refractivity contribution in [3.8, 4) is 11.5 Å². The summed E-state index contributed by atoms with van der Waals surface area (Å²) < 4.78 is 11.1. The molecule has 1 aromatic heterocycles. The van der Waals surface area contributed by atoms with Crippen LogP contribution in [0.1, 0.15) is 24.3 Å². The fraction of sp³-hybridized carbons (Fsp3) is 0.412. The fourth-order valence-corrected chi connectivity index (χ4v) is 2.78. The third-order valence-electron chi connectivity index (χ3n) is 3.05. The van der Waals surface area contributed by atoms with Gasteiger partial charge in [-0.15, -0.1) is 11.3 Å². The van der Waals surface area contributed by atoms with E-state index >= 15 is 0 Å². The minimum atomic E-state index is 0.147. The van der Waals surface area contributed by atoms with E-state index in [0.29, 0.717) is 0 Å². The van der Waals surface area contributed by atoms with Crippen molar-refractivity contribution in [3.63, 3.8) is 0 Å². The zero-order chi connectivity index (χ0) is 15.1. The summed E-state index contributed by atoms with van der Waals surface area (Å²) in [4.78, 5) is 1.42. The Balaban J connectivity index is 1.85. The molecule has 3 nitrogen and oxygen atoms in total. The van der Waals surface area contributed by atoms with E-state index in [4.69, 9.17) is 9.47 Å². The van der Waals surface area contributed by atoms with Gasteiger partial charge in [-0.25, -0.2) is 0 Å². The second-order valence-electron chi connectivity index (χ2n) is 5.16.